The normalized spacial score (nSPS) is 22.1. The molecule has 0 bridgehead atoms. The molecule has 14 heavy (non-hydrogen) atoms. The largest absolute Gasteiger partial charge is 0.377 e. The van der Waals surface area contributed by atoms with E-state index in [4.69, 9.17) is 4.74 Å². The molecule has 0 spiro atoms. The van der Waals surface area contributed by atoms with Crippen LogP contribution in [0.4, 0.5) is 0 Å². The molecule has 1 aliphatic heterocycles. The molecule has 1 saturated heterocycles. The highest BCUT2D eigenvalue weighted by atomic mass is 16.5. The van der Waals surface area contributed by atoms with Crippen LogP contribution in [0.3, 0.4) is 0 Å². The van der Waals surface area contributed by atoms with E-state index in [2.05, 4.69) is 24.2 Å². The van der Waals surface area contributed by atoms with Crippen LogP contribution in [0.5, 0.6) is 0 Å². The van der Waals surface area contributed by atoms with Crippen molar-refractivity contribution in [2.45, 2.75) is 32.3 Å². The van der Waals surface area contributed by atoms with Crippen molar-refractivity contribution in [1.82, 2.24) is 10.2 Å². The molecule has 1 fully saturated rings. The Morgan fingerprint density at radius 2 is 2.29 bits per heavy atom. The van der Waals surface area contributed by atoms with Gasteiger partial charge < -0.3 is 15.0 Å². The van der Waals surface area contributed by atoms with Crippen LogP contribution in [0.2, 0.25) is 0 Å². The Morgan fingerprint density at radius 3 is 2.93 bits per heavy atom. The first kappa shape index (κ1) is 12.0. The van der Waals surface area contributed by atoms with E-state index in [-0.39, 0.29) is 0 Å². The Morgan fingerprint density at radius 1 is 1.43 bits per heavy atom. The number of hydrogen-bond acceptors (Lipinski definition) is 3. The maximum Gasteiger partial charge on any atom is 0.0702 e. The van der Waals surface area contributed by atoms with Gasteiger partial charge in [-0.1, -0.05) is 6.92 Å². The zero-order chi connectivity index (χ0) is 10.2. The molecular weight excluding hydrogens is 176 g/mol. The lowest BCUT2D eigenvalue weighted by atomic mass is 10.2. The van der Waals surface area contributed by atoms with Crippen molar-refractivity contribution >= 4 is 0 Å². The second-order valence-electron chi connectivity index (χ2n) is 4.15. The van der Waals surface area contributed by atoms with Gasteiger partial charge in [0.2, 0.25) is 0 Å². The van der Waals surface area contributed by atoms with E-state index in [0.29, 0.717) is 6.10 Å². The van der Waals surface area contributed by atoms with Crippen molar-refractivity contribution in [3.63, 3.8) is 0 Å². The van der Waals surface area contributed by atoms with Crippen LogP contribution in [0.15, 0.2) is 0 Å². The summed E-state index contributed by atoms with van der Waals surface area (Å²) in [7, 11) is 2.18. The van der Waals surface area contributed by atoms with Gasteiger partial charge in [-0.25, -0.2) is 0 Å². The number of ether oxygens (including phenoxy) is 1. The van der Waals surface area contributed by atoms with Crippen LogP contribution in [0.1, 0.15) is 26.2 Å². The fourth-order valence-electron chi connectivity index (χ4n) is 1.80. The summed E-state index contributed by atoms with van der Waals surface area (Å²) < 4.78 is 5.59. The molecule has 0 aromatic heterocycles. The summed E-state index contributed by atoms with van der Waals surface area (Å²) in [5, 5.41) is 3.41. The first-order chi connectivity index (χ1) is 6.83. The molecule has 0 saturated carbocycles. The molecule has 1 rings (SSSR count). The van der Waals surface area contributed by atoms with Crippen molar-refractivity contribution in [3.05, 3.63) is 0 Å². The van der Waals surface area contributed by atoms with Crippen molar-refractivity contribution in [2.24, 2.45) is 0 Å². The van der Waals surface area contributed by atoms with E-state index in [9.17, 15) is 0 Å². The molecule has 0 aromatic carbocycles. The highest BCUT2D eigenvalue weighted by molar-refractivity contribution is 4.68. The van der Waals surface area contributed by atoms with E-state index in [1.165, 1.54) is 19.3 Å². The minimum Gasteiger partial charge on any atom is -0.377 e. The van der Waals surface area contributed by atoms with E-state index in [0.717, 1.165) is 32.8 Å². The Balaban J connectivity index is 1.95. The minimum atomic E-state index is 0.492. The highest BCUT2D eigenvalue weighted by Crippen LogP contribution is 2.12. The van der Waals surface area contributed by atoms with Crippen LogP contribution in [-0.2, 0) is 4.74 Å². The predicted octanol–water partition coefficient (Wildman–Crippen LogP) is 1.10. The monoisotopic (exact) mass is 200 g/mol. The number of likely N-dealkylation sites (N-methyl/N-ethyl adjacent to an activating group) is 1. The van der Waals surface area contributed by atoms with Gasteiger partial charge in [-0.2, -0.15) is 0 Å². The summed E-state index contributed by atoms with van der Waals surface area (Å²) in [6, 6.07) is 0. The molecule has 3 nitrogen and oxygen atoms in total. The average Bonchev–Trinajstić information content (AvgIpc) is 2.65. The van der Waals surface area contributed by atoms with E-state index in [1.807, 2.05) is 0 Å². The lowest BCUT2D eigenvalue weighted by Crippen LogP contribution is -2.34. The molecule has 1 atom stereocenters. The number of rotatable bonds is 7. The van der Waals surface area contributed by atoms with Gasteiger partial charge in [0.25, 0.3) is 0 Å². The molecule has 0 unspecified atom stereocenters. The van der Waals surface area contributed by atoms with Gasteiger partial charge >= 0.3 is 0 Å². The molecule has 0 amide bonds. The fourth-order valence-corrected chi connectivity index (χ4v) is 1.80. The molecule has 1 aliphatic rings. The van der Waals surface area contributed by atoms with Crippen LogP contribution >= 0.6 is 0 Å². The van der Waals surface area contributed by atoms with Gasteiger partial charge in [-0.15, -0.1) is 0 Å². The van der Waals surface area contributed by atoms with Crippen LogP contribution in [-0.4, -0.2) is 50.8 Å². The number of hydrogen-bond donors (Lipinski definition) is 1. The molecule has 0 radical (unpaired) electrons. The Labute approximate surface area is 87.8 Å². The van der Waals surface area contributed by atoms with Gasteiger partial charge in [-0.3, -0.25) is 0 Å². The summed E-state index contributed by atoms with van der Waals surface area (Å²) in [6.45, 7) is 7.61. The maximum atomic E-state index is 5.59. The average molecular weight is 200 g/mol. The van der Waals surface area contributed by atoms with Gasteiger partial charge in [0.1, 0.15) is 0 Å². The second-order valence-corrected chi connectivity index (χ2v) is 4.15. The molecule has 84 valence electrons. The van der Waals surface area contributed by atoms with E-state index in [1.54, 1.807) is 0 Å². The third-order valence-electron chi connectivity index (χ3n) is 2.64. The SMILES string of the molecule is CCCNCCN(C)C[C@H]1CCCO1. The zero-order valence-corrected chi connectivity index (χ0v) is 9.59. The minimum absolute atomic E-state index is 0.492. The third-order valence-corrected chi connectivity index (χ3v) is 2.64. The highest BCUT2D eigenvalue weighted by Gasteiger charge is 2.16. The smallest absolute Gasteiger partial charge is 0.0702 e. The quantitative estimate of drug-likeness (QED) is 0.623. The van der Waals surface area contributed by atoms with Gasteiger partial charge in [0.05, 0.1) is 6.10 Å². The van der Waals surface area contributed by atoms with Crippen LogP contribution in [0, 0.1) is 0 Å². The van der Waals surface area contributed by atoms with Crippen molar-refractivity contribution in [2.75, 3.05) is 39.8 Å². The predicted molar refractivity (Wildman–Crippen MR) is 59.6 cm³/mol. The van der Waals surface area contributed by atoms with Gasteiger partial charge in [0.15, 0.2) is 0 Å². The summed E-state index contributed by atoms with van der Waals surface area (Å²) in [6.07, 6.45) is 4.19. The fraction of sp³-hybridized carbons (Fsp3) is 1.00. The first-order valence-electron chi connectivity index (χ1n) is 5.83. The lowest BCUT2D eigenvalue weighted by Gasteiger charge is -2.20. The number of nitrogens with zero attached hydrogens (tertiary/aromatic N) is 1. The van der Waals surface area contributed by atoms with Crippen molar-refractivity contribution < 1.29 is 4.74 Å². The van der Waals surface area contributed by atoms with Gasteiger partial charge in [0, 0.05) is 26.2 Å². The van der Waals surface area contributed by atoms with Crippen molar-refractivity contribution in [3.8, 4) is 0 Å². The Bertz CT molecular complexity index is 135. The first-order valence-corrected chi connectivity index (χ1v) is 5.83. The number of nitrogens with one attached hydrogen (secondary N) is 1. The summed E-state index contributed by atoms with van der Waals surface area (Å²) in [4.78, 5) is 2.36. The molecular formula is C11H24N2O. The second kappa shape index (κ2) is 7.21. The Kier molecular flexibility index (Phi) is 6.15. The Hall–Kier alpha value is -0.120. The molecule has 1 N–H and O–H groups in total. The third kappa shape index (κ3) is 4.94. The van der Waals surface area contributed by atoms with Crippen LogP contribution < -0.4 is 5.32 Å². The summed E-state index contributed by atoms with van der Waals surface area (Å²) >= 11 is 0. The molecule has 0 aromatic rings. The lowest BCUT2D eigenvalue weighted by molar-refractivity contribution is 0.0815. The zero-order valence-electron chi connectivity index (χ0n) is 9.59. The summed E-state index contributed by atoms with van der Waals surface area (Å²) in [5.74, 6) is 0. The van der Waals surface area contributed by atoms with E-state index < -0.39 is 0 Å². The standard InChI is InChI=1S/C11H24N2O/c1-3-6-12-7-8-13(2)10-11-5-4-9-14-11/h11-12H,3-10H2,1-2H3/t11-/m1/s1. The van der Waals surface area contributed by atoms with Gasteiger partial charge in [-0.05, 0) is 32.9 Å². The molecule has 0 aliphatic carbocycles. The van der Waals surface area contributed by atoms with E-state index >= 15 is 0 Å². The summed E-state index contributed by atoms with van der Waals surface area (Å²) in [5.41, 5.74) is 0. The molecule has 3 heteroatoms. The van der Waals surface area contributed by atoms with Crippen LogP contribution in [0.25, 0.3) is 0 Å². The molecule has 1 heterocycles. The topological polar surface area (TPSA) is 24.5 Å². The maximum absolute atomic E-state index is 5.59. The van der Waals surface area contributed by atoms with Crippen molar-refractivity contribution in [1.29, 1.82) is 0 Å².